The maximum atomic E-state index is 13.0. The fourth-order valence-corrected chi connectivity index (χ4v) is 3.01. The van der Waals surface area contributed by atoms with Crippen LogP contribution in [-0.2, 0) is 24.5 Å². The summed E-state index contributed by atoms with van der Waals surface area (Å²) in [5, 5.41) is 10.5. The van der Waals surface area contributed by atoms with Gasteiger partial charge in [0.1, 0.15) is 0 Å². The van der Waals surface area contributed by atoms with Gasteiger partial charge < -0.3 is 10.1 Å². The van der Waals surface area contributed by atoms with Gasteiger partial charge in [0.25, 0.3) is 5.91 Å². The van der Waals surface area contributed by atoms with Crippen molar-refractivity contribution in [3.8, 4) is 0 Å². The number of nitrogens with one attached hydrogen (secondary N) is 1. The van der Waals surface area contributed by atoms with Crippen molar-refractivity contribution >= 4 is 5.91 Å². The summed E-state index contributed by atoms with van der Waals surface area (Å²) in [4.78, 5) is 12.4. The van der Waals surface area contributed by atoms with Crippen molar-refractivity contribution in [1.82, 2.24) is 24.9 Å². The second-order valence-corrected chi connectivity index (χ2v) is 6.26. The van der Waals surface area contributed by atoms with Crippen molar-refractivity contribution in [1.29, 1.82) is 0 Å². The van der Waals surface area contributed by atoms with Gasteiger partial charge in [0.15, 0.2) is 0 Å². The Balaban J connectivity index is 1.71. The molecule has 1 saturated heterocycles. The first kappa shape index (κ1) is 18.4. The zero-order chi connectivity index (χ0) is 18.9. The van der Waals surface area contributed by atoms with Gasteiger partial charge in [-0.15, -0.1) is 0 Å². The molecular formula is C16H20F3N5O2. The van der Waals surface area contributed by atoms with Gasteiger partial charge in [0.05, 0.1) is 41.3 Å². The highest BCUT2D eigenvalue weighted by atomic mass is 19.4. The number of rotatable bonds is 4. The van der Waals surface area contributed by atoms with Gasteiger partial charge >= 0.3 is 6.18 Å². The van der Waals surface area contributed by atoms with Crippen molar-refractivity contribution in [3.63, 3.8) is 0 Å². The lowest BCUT2D eigenvalue weighted by molar-refractivity contribution is -0.138. The third-order valence-electron chi connectivity index (χ3n) is 4.51. The molecule has 0 bridgehead atoms. The number of aromatic nitrogens is 4. The lowest BCUT2D eigenvalue weighted by Crippen LogP contribution is -2.26. The molecule has 0 atom stereocenters. The van der Waals surface area contributed by atoms with E-state index in [1.807, 2.05) is 0 Å². The van der Waals surface area contributed by atoms with E-state index in [2.05, 4.69) is 15.5 Å². The number of ether oxygens (including phenoxy) is 1. The summed E-state index contributed by atoms with van der Waals surface area (Å²) in [5.41, 5.74) is -0.0579. The highest BCUT2D eigenvalue weighted by Crippen LogP contribution is 2.31. The van der Waals surface area contributed by atoms with Gasteiger partial charge in [-0.3, -0.25) is 14.2 Å². The van der Waals surface area contributed by atoms with E-state index in [-0.39, 0.29) is 18.3 Å². The van der Waals surface area contributed by atoms with E-state index in [1.165, 1.54) is 7.05 Å². The molecule has 0 unspecified atom stereocenters. The number of carbonyl (C=O) groups is 1. The van der Waals surface area contributed by atoms with E-state index in [4.69, 9.17) is 4.74 Å². The van der Waals surface area contributed by atoms with Gasteiger partial charge in [-0.05, 0) is 19.8 Å². The van der Waals surface area contributed by atoms with Gasteiger partial charge in [-0.1, -0.05) is 0 Å². The number of carbonyl (C=O) groups excluding carboxylic acids is 1. The first-order valence-electron chi connectivity index (χ1n) is 8.27. The minimum Gasteiger partial charge on any atom is -0.381 e. The van der Waals surface area contributed by atoms with Gasteiger partial charge in [-0.25, -0.2) is 0 Å². The van der Waals surface area contributed by atoms with Crippen LogP contribution in [0.15, 0.2) is 12.4 Å². The monoisotopic (exact) mass is 371 g/mol. The molecular weight excluding hydrogens is 351 g/mol. The Labute approximate surface area is 148 Å². The number of nitrogens with zero attached hydrogens (tertiary/aromatic N) is 4. The van der Waals surface area contributed by atoms with Crippen molar-refractivity contribution in [2.24, 2.45) is 7.05 Å². The van der Waals surface area contributed by atoms with E-state index >= 15 is 0 Å². The van der Waals surface area contributed by atoms with Crippen LogP contribution in [0.5, 0.6) is 0 Å². The van der Waals surface area contributed by atoms with Crippen molar-refractivity contribution < 1.29 is 22.7 Å². The number of hydrogen-bond acceptors (Lipinski definition) is 4. The smallest absolute Gasteiger partial charge is 0.381 e. The fraction of sp³-hybridized carbons (Fsp3) is 0.562. The van der Waals surface area contributed by atoms with Crippen LogP contribution in [0.1, 0.15) is 46.2 Å². The molecule has 1 fully saturated rings. The second kappa shape index (κ2) is 7.10. The molecule has 0 radical (unpaired) electrons. The highest BCUT2D eigenvalue weighted by molar-refractivity contribution is 5.94. The van der Waals surface area contributed by atoms with Crippen LogP contribution in [0.2, 0.25) is 0 Å². The molecule has 3 rings (SSSR count). The van der Waals surface area contributed by atoms with Crippen molar-refractivity contribution in [2.45, 2.75) is 38.5 Å². The van der Waals surface area contributed by atoms with Crippen LogP contribution < -0.4 is 5.32 Å². The molecule has 142 valence electrons. The molecule has 0 aliphatic carbocycles. The molecule has 0 saturated carbocycles. The second-order valence-electron chi connectivity index (χ2n) is 6.26. The predicted molar refractivity (Wildman–Crippen MR) is 85.4 cm³/mol. The summed E-state index contributed by atoms with van der Waals surface area (Å²) in [7, 11) is 1.41. The molecule has 2 aromatic heterocycles. The standard InChI is InChI=1S/C16H20F3N5O2/c1-10-12(9-24(22-10)11-3-5-26-6-4-11)15(25)20-8-14-13(16(17,18)19)7-21-23(14)2/h7,9,11H,3-6,8H2,1-2H3,(H,20,25). The van der Waals surface area contributed by atoms with Crippen LogP contribution in [0, 0.1) is 6.92 Å². The normalized spacial score (nSPS) is 16.0. The molecule has 0 spiro atoms. The summed E-state index contributed by atoms with van der Waals surface area (Å²) >= 11 is 0. The average molecular weight is 371 g/mol. The van der Waals surface area contributed by atoms with Crippen LogP contribution in [0.3, 0.4) is 0 Å². The Kier molecular flexibility index (Phi) is 5.03. The quantitative estimate of drug-likeness (QED) is 0.895. The first-order valence-corrected chi connectivity index (χ1v) is 8.27. The lowest BCUT2D eigenvalue weighted by atomic mass is 10.1. The molecule has 26 heavy (non-hydrogen) atoms. The number of amides is 1. The lowest BCUT2D eigenvalue weighted by Gasteiger charge is -2.22. The van der Waals surface area contributed by atoms with E-state index in [9.17, 15) is 18.0 Å². The molecule has 1 aliphatic heterocycles. The third-order valence-corrected chi connectivity index (χ3v) is 4.51. The minimum atomic E-state index is -4.52. The Morgan fingerprint density at radius 3 is 2.73 bits per heavy atom. The Hall–Kier alpha value is -2.36. The fourth-order valence-electron chi connectivity index (χ4n) is 3.01. The van der Waals surface area contributed by atoms with Gasteiger partial charge in [0.2, 0.25) is 0 Å². The summed E-state index contributed by atoms with van der Waals surface area (Å²) in [6, 6.07) is 0.165. The summed E-state index contributed by atoms with van der Waals surface area (Å²) in [5.74, 6) is -0.463. The summed E-state index contributed by atoms with van der Waals surface area (Å²) in [6.07, 6.45) is -0.485. The van der Waals surface area contributed by atoms with E-state index < -0.39 is 17.6 Å². The zero-order valence-electron chi connectivity index (χ0n) is 14.5. The minimum absolute atomic E-state index is 0.0969. The molecule has 2 aromatic rings. The molecule has 1 N–H and O–H groups in total. The SMILES string of the molecule is Cc1nn(C2CCOCC2)cc1C(=O)NCc1c(C(F)(F)F)cnn1C. The number of hydrogen-bond donors (Lipinski definition) is 1. The number of aryl methyl sites for hydroxylation is 2. The maximum Gasteiger partial charge on any atom is 0.419 e. The summed E-state index contributed by atoms with van der Waals surface area (Å²) < 4.78 is 47.2. The Bertz CT molecular complexity index is 790. The topological polar surface area (TPSA) is 74.0 Å². The van der Waals surface area contributed by atoms with Crippen LogP contribution in [0.25, 0.3) is 0 Å². The van der Waals surface area contributed by atoms with Crippen molar-refractivity contribution in [3.05, 3.63) is 34.9 Å². The number of halogens is 3. The van der Waals surface area contributed by atoms with Crippen LogP contribution in [-0.4, -0.2) is 38.7 Å². The molecule has 3 heterocycles. The van der Waals surface area contributed by atoms with Crippen LogP contribution >= 0.6 is 0 Å². The first-order chi connectivity index (χ1) is 12.3. The summed E-state index contributed by atoms with van der Waals surface area (Å²) in [6.45, 7) is 2.72. The largest absolute Gasteiger partial charge is 0.419 e. The molecule has 10 heteroatoms. The molecule has 1 amide bonds. The molecule has 0 aromatic carbocycles. The Morgan fingerprint density at radius 2 is 2.08 bits per heavy atom. The highest BCUT2D eigenvalue weighted by Gasteiger charge is 2.35. The van der Waals surface area contributed by atoms with Crippen molar-refractivity contribution in [2.75, 3.05) is 13.2 Å². The Morgan fingerprint density at radius 1 is 1.38 bits per heavy atom. The average Bonchev–Trinajstić information content (AvgIpc) is 3.16. The predicted octanol–water partition coefficient (Wildman–Crippen LogP) is 2.23. The van der Waals surface area contributed by atoms with E-state index in [1.54, 1.807) is 17.8 Å². The third kappa shape index (κ3) is 3.74. The van der Waals surface area contributed by atoms with E-state index in [0.29, 0.717) is 24.5 Å². The molecule has 7 nitrogen and oxygen atoms in total. The molecule has 1 aliphatic rings. The van der Waals surface area contributed by atoms with E-state index in [0.717, 1.165) is 23.7 Å². The van der Waals surface area contributed by atoms with Crippen LogP contribution in [0.4, 0.5) is 13.2 Å². The van der Waals surface area contributed by atoms with Gasteiger partial charge in [0, 0.05) is 26.5 Å². The maximum absolute atomic E-state index is 13.0. The number of alkyl halides is 3. The van der Waals surface area contributed by atoms with Gasteiger partial charge in [-0.2, -0.15) is 23.4 Å². The zero-order valence-corrected chi connectivity index (χ0v) is 14.5.